The Hall–Kier alpha value is -2.66. The number of aromatic nitrogens is 1. The zero-order chi connectivity index (χ0) is 17.1. The zero-order valence-corrected chi connectivity index (χ0v) is 14.6. The molecule has 1 N–H and O–H groups in total. The van der Waals surface area contributed by atoms with Crippen LogP contribution >= 0.6 is 11.3 Å². The molecule has 4 nitrogen and oxygen atoms in total. The van der Waals surface area contributed by atoms with Crippen LogP contribution in [0.1, 0.15) is 18.4 Å². The van der Waals surface area contributed by atoms with Gasteiger partial charge in [0.05, 0.1) is 0 Å². The average Bonchev–Trinajstić information content (AvgIpc) is 3.33. The van der Waals surface area contributed by atoms with Gasteiger partial charge in [0.2, 0.25) is 0 Å². The van der Waals surface area contributed by atoms with Gasteiger partial charge in [-0.05, 0) is 64.6 Å². The number of pyridine rings is 1. The summed E-state index contributed by atoms with van der Waals surface area (Å²) >= 11 is 1.67. The second kappa shape index (κ2) is 7.07. The lowest BCUT2D eigenvalue weighted by atomic mass is 10.1. The summed E-state index contributed by atoms with van der Waals surface area (Å²) in [6, 6.07) is 14.3. The molecule has 0 unspecified atom stereocenters. The van der Waals surface area contributed by atoms with Crippen molar-refractivity contribution in [3.63, 3.8) is 0 Å². The molecule has 25 heavy (non-hydrogen) atoms. The standard InChI is InChI=1S/C20H19N3OS/c24-20(23(19-6-7-19)13-15-3-2-9-21-12-15)22-18-5-1-4-16(11-18)17-8-10-25-14-17/h1-5,8-12,14,19H,6-7,13H2,(H,22,24). The Balaban J connectivity index is 1.49. The lowest BCUT2D eigenvalue weighted by Crippen LogP contribution is -2.36. The summed E-state index contributed by atoms with van der Waals surface area (Å²) in [4.78, 5) is 18.8. The number of carbonyl (C=O) groups excluding carboxylic acids is 1. The first-order valence-electron chi connectivity index (χ1n) is 8.39. The van der Waals surface area contributed by atoms with Crippen molar-refractivity contribution >= 4 is 23.1 Å². The van der Waals surface area contributed by atoms with E-state index in [0.29, 0.717) is 12.6 Å². The maximum atomic E-state index is 12.8. The molecule has 0 saturated heterocycles. The Morgan fingerprint density at radius 1 is 1.20 bits per heavy atom. The quantitative estimate of drug-likeness (QED) is 0.704. The Morgan fingerprint density at radius 3 is 2.84 bits per heavy atom. The number of benzene rings is 1. The molecule has 2 aromatic heterocycles. The lowest BCUT2D eigenvalue weighted by molar-refractivity contribution is 0.206. The highest BCUT2D eigenvalue weighted by atomic mass is 32.1. The predicted molar refractivity (Wildman–Crippen MR) is 102 cm³/mol. The van der Waals surface area contributed by atoms with Gasteiger partial charge in [-0.15, -0.1) is 0 Å². The van der Waals surface area contributed by atoms with E-state index in [-0.39, 0.29) is 6.03 Å². The molecule has 3 aromatic rings. The van der Waals surface area contributed by atoms with Crippen LogP contribution in [-0.4, -0.2) is 22.0 Å². The number of nitrogens with zero attached hydrogens (tertiary/aromatic N) is 2. The highest BCUT2D eigenvalue weighted by Crippen LogP contribution is 2.30. The van der Waals surface area contributed by atoms with Crippen LogP contribution in [0.25, 0.3) is 11.1 Å². The minimum Gasteiger partial charge on any atom is -0.317 e. The fraction of sp³-hybridized carbons (Fsp3) is 0.200. The number of rotatable bonds is 5. The van der Waals surface area contributed by atoms with E-state index in [9.17, 15) is 4.79 Å². The van der Waals surface area contributed by atoms with Gasteiger partial charge in [0.1, 0.15) is 0 Å². The average molecular weight is 349 g/mol. The van der Waals surface area contributed by atoms with Crippen LogP contribution < -0.4 is 5.32 Å². The van der Waals surface area contributed by atoms with Gasteiger partial charge in [0, 0.05) is 30.7 Å². The minimum atomic E-state index is -0.0474. The van der Waals surface area contributed by atoms with Crippen molar-refractivity contribution in [2.75, 3.05) is 5.32 Å². The first kappa shape index (κ1) is 15.8. The molecular formula is C20H19N3OS. The summed E-state index contributed by atoms with van der Waals surface area (Å²) in [5, 5.41) is 7.23. The molecule has 5 heteroatoms. The summed E-state index contributed by atoms with van der Waals surface area (Å²) in [6.07, 6.45) is 5.71. The third-order valence-corrected chi connectivity index (χ3v) is 4.98. The monoisotopic (exact) mass is 349 g/mol. The molecule has 1 aromatic carbocycles. The van der Waals surface area contributed by atoms with Gasteiger partial charge in [-0.25, -0.2) is 4.79 Å². The molecule has 1 aliphatic carbocycles. The number of nitrogens with one attached hydrogen (secondary N) is 1. The number of anilines is 1. The number of hydrogen-bond donors (Lipinski definition) is 1. The third kappa shape index (κ3) is 3.88. The molecule has 0 bridgehead atoms. The second-order valence-electron chi connectivity index (χ2n) is 6.24. The first-order valence-corrected chi connectivity index (χ1v) is 9.33. The Labute approximate surface area is 151 Å². The second-order valence-corrected chi connectivity index (χ2v) is 7.02. The number of carbonyl (C=O) groups is 1. The van der Waals surface area contributed by atoms with Crippen LogP contribution in [0, 0.1) is 0 Å². The molecule has 0 spiro atoms. The topological polar surface area (TPSA) is 45.2 Å². The summed E-state index contributed by atoms with van der Waals surface area (Å²) in [5.74, 6) is 0. The van der Waals surface area contributed by atoms with Crippen molar-refractivity contribution in [1.29, 1.82) is 0 Å². The Morgan fingerprint density at radius 2 is 2.12 bits per heavy atom. The van der Waals surface area contributed by atoms with E-state index >= 15 is 0 Å². The van der Waals surface area contributed by atoms with E-state index in [2.05, 4.69) is 33.2 Å². The Bertz CT molecular complexity index is 844. The van der Waals surface area contributed by atoms with Gasteiger partial charge in [-0.2, -0.15) is 11.3 Å². The van der Waals surface area contributed by atoms with E-state index < -0.39 is 0 Å². The van der Waals surface area contributed by atoms with E-state index in [0.717, 1.165) is 29.7 Å². The maximum absolute atomic E-state index is 12.8. The molecule has 0 aliphatic heterocycles. The fourth-order valence-corrected chi connectivity index (χ4v) is 3.51. The van der Waals surface area contributed by atoms with Crippen molar-refractivity contribution in [2.24, 2.45) is 0 Å². The summed E-state index contributed by atoms with van der Waals surface area (Å²) in [6.45, 7) is 0.592. The van der Waals surface area contributed by atoms with Crippen LogP contribution in [0.4, 0.5) is 10.5 Å². The fourth-order valence-electron chi connectivity index (χ4n) is 2.84. The van der Waals surface area contributed by atoms with Crippen LogP contribution in [0.5, 0.6) is 0 Å². The summed E-state index contributed by atoms with van der Waals surface area (Å²) in [5.41, 5.74) is 4.17. The van der Waals surface area contributed by atoms with E-state index in [1.165, 1.54) is 5.56 Å². The molecule has 2 heterocycles. The molecule has 1 fully saturated rings. The van der Waals surface area contributed by atoms with Crippen LogP contribution in [-0.2, 0) is 6.54 Å². The lowest BCUT2D eigenvalue weighted by Gasteiger charge is -2.23. The molecule has 0 radical (unpaired) electrons. The normalized spacial score (nSPS) is 13.4. The SMILES string of the molecule is O=C(Nc1cccc(-c2ccsc2)c1)N(Cc1cccnc1)C1CC1. The van der Waals surface area contributed by atoms with Gasteiger partial charge in [-0.1, -0.05) is 18.2 Å². The van der Waals surface area contributed by atoms with Crippen molar-refractivity contribution in [3.05, 3.63) is 71.2 Å². The maximum Gasteiger partial charge on any atom is 0.322 e. The number of amides is 2. The highest BCUT2D eigenvalue weighted by Gasteiger charge is 2.32. The van der Waals surface area contributed by atoms with E-state index in [1.807, 2.05) is 41.4 Å². The van der Waals surface area contributed by atoms with Gasteiger partial charge in [0.15, 0.2) is 0 Å². The smallest absolute Gasteiger partial charge is 0.317 e. The van der Waals surface area contributed by atoms with Gasteiger partial charge in [0.25, 0.3) is 0 Å². The minimum absolute atomic E-state index is 0.0474. The van der Waals surface area contributed by atoms with E-state index in [4.69, 9.17) is 0 Å². The van der Waals surface area contributed by atoms with Gasteiger partial charge >= 0.3 is 6.03 Å². The van der Waals surface area contributed by atoms with Crippen LogP contribution in [0.3, 0.4) is 0 Å². The zero-order valence-electron chi connectivity index (χ0n) is 13.8. The molecule has 126 valence electrons. The van der Waals surface area contributed by atoms with Gasteiger partial charge in [-0.3, -0.25) is 4.98 Å². The molecule has 2 amide bonds. The summed E-state index contributed by atoms with van der Waals surface area (Å²) in [7, 11) is 0. The Kier molecular flexibility index (Phi) is 4.48. The molecule has 1 saturated carbocycles. The summed E-state index contributed by atoms with van der Waals surface area (Å²) < 4.78 is 0. The van der Waals surface area contributed by atoms with Gasteiger partial charge < -0.3 is 10.2 Å². The van der Waals surface area contributed by atoms with Crippen molar-refractivity contribution in [3.8, 4) is 11.1 Å². The van der Waals surface area contributed by atoms with E-state index in [1.54, 1.807) is 17.5 Å². The van der Waals surface area contributed by atoms with Crippen molar-refractivity contribution in [1.82, 2.24) is 9.88 Å². The molecule has 4 rings (SSSR count). The number of hydrogen-bond acceptors (Lipinski definition) is 3. The van der Waals surface area contributed by atoms with Crippen molar-refractivity contribution < 1.29 is 4.79 Å². The molecular weight excluding hydrogens is 330 g/mol. The third-order valence-electron chi connectivity index (χ3n) is 4.29. The van der Waals surface area contributed by atoms with Crippen molar-refractivity contribution in [2.45, 2.75) is 25.4 Å². The van der Waals surface area contributed by atoms with Crippen LogP contribution in [0.15, 0.2) is 65.6 Å². The predicted octanol–water partition coefficient (Wildman–Crippen LogP) is 5.01. The molecule has 0 atom stereocenters. The first-order chi connectivity index (χ1) is 12.3. The largest absolute Gasteiger partial charge is 0.322 e. The highest BCUT2D eigenvalue weighted by molar-refractivity contribution is 7.08. The van der Waals surface area contributed by atoms with Crippen LogP contribution in [0.2, 0.25) is 0 Å². The number of thiophene rings is 1. The molecule has 1 aliphatic rings. The number of urea groups is 1.